The third-order valence-electron chi connectivity index (χ3n) is 2.82. The molecule has 0 aliphatic carbocycles. The molecule has 5 nitrogen and oxygen atoms in total. The Bertz CT molecular complexity index is 576. The van der Waals surface area contributed by atoms with Gasteiger partial charge in [0.2, 0.25) is 0 Å². The topological polar surface area (TPSA) is 76.7 Å². The number of nitrogens with zero attached hydrogens (tertiary/aromatic N) is 3. The standard InChI is InChI=1S/C13H19N5S/c1-7(2)12-17-11(14)8(3)13(18-12)16-6-10-5-15-9(4)19-10/h5,7H,6H2,1-4H3,(H3,14,16,17,18). The summed E-state index contributed by atoms with van der Waals surface area (Å²) in [7, 11) is 0. The molecular weight excluding hydrogens is 258 g/mol. The molecule has 0 aromatic carbocycles. The van der Waals surface area contributed by atoms with Gasteiger partial charge in [-0.1, -0.05) is 13.8 Å². The highest BCUT2D eigenvalue weighted by atomic mass is 32.1. The summed E-state index contributed by atoms with van der Waals surface area (Å²) in [4.78, 5) is 14.3. The Morgan fingerprint density at radius 3 is 2.63 bits per heavy atom. The van der Waals surface area contributed by atoms with Gasteiger partial charge in [-0.3, -0.25) is 0 Å². The Balaban J connectivity index is 2.19. The number of thiazole rings is 1. The smallest absolute Gasteiger partial charge is 0.135 e. The van der Waals surface area contributed by atoms with Gasteiger partial charge in [-0.05, 0) is 13.8 Å². The van der Waals surface area contributed by atoms with Crippen molar-refractivity contribution in [2.45, 2.75) is 40.2 Å². The zero-order valence-electron chi connectivity index (χ0n) is 11.7. The summed E-state index contributed by atoms with van der Waals surface area (Å²) in [6, 6.07) is 0. The van der Waals surface area contributed by atoms with Gasteiger partial charge in [0.25, 0.3) is 0 Å². The molecule has 0 saturated heterocycles. The zero-order chi connectivity index (χ0) is 14.0. The Morgan fingerprint density at radius 1 is 1.32 bits per heavy atom. The summed E-state index contributed by atoms with van der Waals surface area (Å²) >= 11 is 1.68. The van der Waals surface area contributed by atoms with Crippen LogP contribution in [0.15, 0.2) is 6.20 Å². The average Bonchev–Trinajstić information content (AvgIpc) is 2.76. The number of aromatic nitrogens is 3. The molecule has 0 fully saturated rings. The van der Waals surface area contributed by atoms with Crippen LogP contribution in [0, 0.1) is 13.8 Å². The molecule has 19 heavy (non-hydrogen) atoms. The monoisotopic (exact) mass is 277 g/mol. The van der Waals surface area contributed by atoms with E-state index in [4.69, 9.17) is 5.73 Å². The molecule has 0 atom stereocenters. The van der Waals surface area contributed by atoms with Gasteiger partial charge in [-0.15, -0.1) is 11.3 Å². The molecule has 3 N–H and O–H groups in total. The summed E-state index contributed by atoms with van der Waals surface area (Å²) in [5, 5.41) is 4.39. The summed E-state index contributed by atoms with van der Waals surface area (Å²) in [6.45, 7) is 8.75. The quantitative estimate of drug-likeness (QED) is 0.898. The predicted molar refractivity (Wildman–Crippen MR) is 79.4 cm³/mol. The van der Waals surface area contributed by atoms with Gasteiger partial charge in [0, 0.05) is 22.6 Å². The van der Waals surface area contributed by atoms with Crippen LogP contribution >= 0.6 is 11.3 Å². The highest BCUT2D eigenvalue weighted by molar-refractivity contribution is 7.11. The first kappa shape index (κ1) is 13.7. The van der Waals surface area contributed by atoms with E-state index in [2.05, 4.69) is 34.1 Å². The fourth-order valence-electron chi connectivity index (χ4n) is 1.64. The van der Waals surface area contributed by atoms with Crippen LogP contribution in [-0.4, -0.2) is 15.0 Å². The van der Waals surface area contributed by atoms with Crippen molar-refractivity contribution in [2.75, 3.05) is 11.1 Å². The van der Waals surface area contributed by atoms with Gasteiger partial charge in [-0.2, -0.15) is 0 Å². The van der Waals surface area contributed by atoms with Gasteiger partial charge in [-0.25, -0.2) is 15.0 Å². The second-order valence-corrected chi connectivity index (χ2v) is 6.11. The lowest BCUT2D eigenvalue weighted by atomic mass is 10.2. The van der Waals surface area contributed by atoms with Crippen molar-refractivity contribution in [1.82, 2.24) is 15.0 Å². The maximum atomic E-state index is 5.93. The molecular formula is C13H19N5S. The van der Waals surface area contributed by atoms with E-state index in [9.17, 15) is 0 Å². The first-order valence-corrected chi connectivity index (χ1v) is 7.08. The lowest BCUT2D eigenvalue weighted by Gasteiger charge is -2.12. The molecule has 6 heteroatoms. The number of nitrogen functional groups attached to an aromatic ring is 1. The third-order valence-corrected chi connectivity index (χ3v) is 3.73. The summed E-state index contributed by atoms with van der Waals surface area (Å²) in [6.07, 6.45) is 1.89. The molecule has 0 saturated carbocycles. The van der Waals surface area contributed by atoms with E-state index in [1.165, 1.54) is 4.88 Å². The fraction of sp³-hybridized carbons (Fsp3) is 0.462. The molecule has 2 heterocycles. The normalized spacial score (nSPS) is 11.0. The predicted octanol–water partition coefficient (Wildman–Crippen LogP) is 2.87. The number of rotatable bonds is 4. The first-order valence-electron chi connectivity index (χ1n) is 6.26. The van der Waals surface area contributed by atoms with Crippen LogP contribution in [0.5, 0.6) is 0 Å². The van der Waals surface area contributed by atoms with Crippen LogP contribution in [0.2, 0.25) is 0 Å². The van der Waals surface area contributed by atoms with Crippen molar-refractivity contribution >= 4 is 23.0 Å². The van der Waals surface area contributed by atoms with Crippen molar-refractivity contribution in [3.05, 3.63) is 27.5 Å². The Labute approximate surface area is 117 Å². The minimum absolute atomic E-state index is 0.258. The molecule has 0 unspecified atom stereocenters. The second kappa shape index (κ2) is 5.52. The van der Waals surface area contributed by atoms with Gasteiger partial charge in [0.05, 0.1) is 11.6 Å². The summed E-state index contributed by atoms with van der Waals surface area (Å²) < 4.78 is 0. The van der Waals surface area contributed by atoms with Crippen molar-refractivity contribution in [3.63, 3.8) is 0 Å². The van der Waals surface area contributed by atoms with Crippen molar-refractivity contribution < 1.29 is 0 Å². The number of aryl methyl sites for hydroxylation is 1. The highest BCUT2D eigenvalue weighted by Crippen LogP contribution is 2.22. The van der Waals surface area contributed by atoms with E-state index in [-0.39, 0.29) is 5.92 Å². The van der Waals surface area contributed by atoms with E-state index in [0.717, 1.165) is 22.2 Å². The van der Waals surface area contributed by atoms with Gasteiger partial charge in [0.1, 0.15) is 17.5 Å². The Morgan fingerprint density at radius 2 is 2.05 bits per heavy atom. The van der Waals surface area contributed by atoms with Gasteiger partial charge < -0.3 is 11.1 Å². The van der Waals surface area contributed by atoms with E-state index in [1.807, 2.05) is 20.0 Å². The number of hydrogen-bond acceptors (Lipinski definition) is 6. The maximum absolute atomic E-state index is 5.93. The van der Waals surface area contributed by atoms with E-state index in [0.29, 0.717) is 12.4 Å². The largest absolute Gasteiger partial charge is 0.383 e. The molecule has 2 rings (SSSR count). The van der Waals surface area contributed by atoms with Crippen LogP contribution in [0.3, 0.4) is 0 Å². The lowest BCUT2D eigenvalue weighted by Crippen LogP contribution is -2.10. The third kappa shape index (κ3) is 3.20. The van der Waals surface area contributed by atoms with Crippen LogP contribution in [0.4, 0.5) is 11.6 Å². The van der Waals surface area contributed by atoms with E-state index < -0.39 is 0 Å². The highest BCUT2D eigenvalue weighted by Gasteiger charge is 2.11. The average molecular weight is 277 g/mol. The molecule has 2 aromatic rings. The maximum Gasteiger partial charge on any atom is 0.135 e. The Kier molecular flexibility index (Phi) is 3.99. The van der Waals surface area contributed by atoms with Crippen molar-refractivity contribution in [3.8, 4) is 0 Å². The van der Waals surface area contributed by atoms with Gasteiger partial charge >= 0.3 is 0 Å². The SMILES string of the molecule is Cc1ncc(CNc2nc(C(C)C)nc(N)c2C)s1. The molecule has 102 valence electrons. The minimum atomic E-state index is 0.258. The number of nitrogens with one attached hydrogen (secondary N) is 1. The van der Waals surface area contributed by atoms with Crippen molar-refractivity contribution in [2.24, 2.45) is 0 Å². The molecule has 2 aromatic heterocycles. The Hall–Kier alpha value is -1.69. The van der Waals surface area contributed by atoms with Crippen LogP contribution in [0.25, 0.3) is 0 Å². The zero-order valence-corrected chi connectivity index (χ0v) is 12.5. The van der Waals surface area contributed by atoms with Crippen LogP contribution in [0.1, 0.15) is 41.0 Å². The molecule has 0 amide bonds. The van der Waals surface area contributed by atoms with Crippen molar-refractivity contribution in [1.29, 1.82) is 0 Å². The summed E-state index contributed by atoms with van der Waals surface area (Å²) in [5.74, 6) is 2.38. The number of nitrogens with two attached hydrogens (primary N) is 1. The molecule has 0 bridgehead atoms. The fourth-order valence-corrected chi connectivity index (χ4v) is 2.37. The minimum Gasteiger partial charge on any atom is -0.383 e. The van der Waals surface area contributed by atoms with E-state index >= 15 is 0 Å². The van der Waals surface area contributed by atoms with Crippen LogP contribution in [-0.2, 0) is 6.54 Å². The van der Waals surface area contributed by atoms with E-state index in [1.54, 1.807) is 11.3 Å². The second-order valence-electron chi connectivity index (χ2n) is 4.79. The number of anilines is 2. The molecule has 0 spiro atoms. The number of hydrogen-bond donors (Lipinski definition) is 2. The molecule has 0 aliphatic rings. The lowest BCUT2D eigenvalue weighted by molar-refractivity contribution is 0.774. The molecule has 0 aliphatic heterocycles. The van der Waals surface area contributed by atoms with Crippen LogP contribution < -0.4 is 11.1 Å². The first-order chi connectivity index (χ1) is 8.97. The van der Waals surface area contributed by atoms with Gasteiger partial charge in [0.15, 0.2) is 0 Å². The summed E-state index contributed by atoms with van der Waals surface area (Å²) in [5.41, 5.74) is 6.83. The molecule has 0 radical (unpaired) electrons.